The largest absolute Gasteiger partial charge is 0.477 e. The molecule has 4 rings (SSSR count). The Morgan fingerprint density at radius 3 is 2.75 bits per heavy atom. The van der Waals surface area contributed by atoms with Crippen molar-refractivity contribution in [3.63, 3.8) is 0 Å². The summed E-state index contributed by atoms with van der Waals surface area (Å²) >= 11 is 1.39. The molecule has 0 aliphatic carbocycles. The van der Waals surface area contributed by atoms with Crippen LogP contribution in [0.25, 0.3) is 0 Å². The lowest BCUT2D eigenvalue weighted by Gasteiger charge is -2.54. The van der Waals surface area contributed by atoms with E-state index in [-0.39, 0.29) is 5.70 Å². The summed E-state index contributed by atoms with van der Waals surface area (Å²) in [7, 11) is 0. The number of ether oxygens (including phenoxy) is 1. The van der Waals surface area contributed by atoms with E-state index in [9.17, 15) is 19.5 Å². The second-order valence-corrected chi connectivity index (χ2v) is 6.97. The van der Waals surface area contributed by atoms with E-state index in [2.05, 4.69) is 5.32 Å². The number of benzene rings is 1. The highest BCUT2D eigenvalue weighted by Gasteiger charge is 2.70. The van der Waals surface area contributed by atoms with E-state index in [1.54, 1.807) is 31.2 Å². The van der Waals surface area contributed by atoms with E-state index >= 15 is 0 Å². The molecule has 2 fully saturated rings. The first-order valence-electron chi connectivity index (χ1n) is 7.39. The van der Waals surface area contributed by atoms with E-state index in [1.165, 1.54) is 16.7 Å². The van der Waals surface area contributed by atoms with Crippen LogP contribution in [0.5, 0.6) is 0 Å². The molecule has 1 aromatic carbocycles. The minimum atomic E-state index is -1.48. The SMILES string of the molecule is CC1=C(C(=O)O)N2C(=O)C3(NC(=O)C(c4ccccc4)O3)[C@@H]2SC1. The second-order valence-electron chi connectivity index (χ2n) is 5.91. The predicted molar refractivity (Wildman–Crippen MR) is 84.6 cm³/mol. The molecule has 1 spiro atoms. The van der Waals surface area contributed by atoms with Crippen molar-refractivity contribution in [2.24, 2.45) is 0 Å². The Morgan fingerprint density at radius 2 is 2.08 bits per heavy atom. The van der Waals surface area contributed by atoms with E-state index in [4.69, 9.17) is 4.74 Å². The molecular weight excluding hydrogens is 332 g/mol. The number of fused-ring (bicyclic) bond motifs is 2. The molecule has 0 aromatic heterocycles. The van der Waals surface area contributed by atoms with Crippen LogP contribution < -0.4 is 5.32 Å². The number of carboxylic acid groups (broad SMARTS) is 1. The average Bonchev–Trinajstić information content (AvgIpc) is 2.94. The van der Waals surface area contributed by atoms with Gasteiger partial charge >= 0.3 is 5.97 Å². The summed E-state index contributed by atoms with van der Waals surface area (Å²) in [6.45, 7) is 1.69. The Kier molecular flexibility index (Phi) is 3.23. The quantitative estimate of drug-likeness (QED) is 0.771. The van der Waals surface area contributed by atoms with Crippen molar-refractivity contribution in [1.29, 1.82) is 0 Å². The first-order chi connectivity index (χ1) is 11.5. The van der Waals surface area contributed by atoms with E-state index < -0.39 is 35.0 Å². The molecule has 124 valence electrons. The zero-order valence-electron chi connectivity index (χ0n) is 12.7. The maximum absolute atomic E-state index is 12.7. The predicted octanol–water partition coefficient (Wildman–Crippen LogP) is 0.844. The number of hydrogen-bond donors (Lipinski definition) is 2. The van der Waals surface area contributed by atoms with Crippen molar-refractivity contribution < 1.29 is 24.2 Å². The Labute approximate surface area is 141 Å². The van der Waals surface area contributed by atoms with E-state index in [0.29, 0.717) is 16.9 Å². The molecule has 24 heavy (non-hydrogen) atoms. The van der Waals surface area contributed by atoms with Crippen molar-refractivity contribution in [2.75, 3.05) is 5.75 Å². The number of aliphatic carboxylic acids is 1. The van der Waals surface area contributed by atoms with Crippen molar-refractivity contribution in [2.45, 2.75) is 24.1 Å². The maximum Gasteiger partial charge on any atom is 0.352 e. The monoisotopic (exact) mass is 346 g/mol. The van der Waals surface area contributed by atoms with Gasteiger partial charge in [0.25, 0.3) is 17.5 Å². The third kappa shape index (κ3) is 1.87. The van der Waals surface area contributed by atoms with Crippen molar-refractivity contribution in [3.8, 4) is 0 Å². The minimum Gasteiger partial charge on any atom is -0.477 e. The van der Waals surface area contributed by atoms with Crippen LogP contribution >= 0.6 is 11.8 Å². The summed E-state index contributed by atoms with van der Waals surface area (Å²) in [5.41, 5.74) is -0.223. The molecule has 1 aromatic rings. The topological polar surface area (TPSA) is 95.9 Å². The van der Waals surface area contributed by atoms with Gasteiger partial charge in [0, 0.05) is 5.75 Å². The number of β-lactam (4-membered cyclic amide) rings is 1. The number of carbonyl (C=O) groups excluding carboxylic acids is 2. The highest BCUT2D eigenvalue weighted by atomic mass is 32.2. The van der Waals surface area contributed by atoms with Crippen LogP contribution in [0, 0.1) is 0 Å². The second kappa shape index (κ2) is 5.09. The van der Waals surface area contributed by atoms with Gasteiger partial charge in [-0.15, -0.1) is 11.8 Å². The molecule has 0 bridgehead atoms. The zero-order chi connectivity index (χ0) is 17.1. The number of nitrogens with zero attached hydrogens (tertiary/aromatic N) is 1. The summed E-state index contributed by atoms with van der Waals surface area (Å²) < 4.78 is 5.84. The van der Waals surface area contributed by atoms with E-state index in [1.807, 2.05) is 6.07 Å². The van der Waals surface area contributed by atoms with Gasteiger partial charge in [0.1, 0.15) is 11.1 Å². The Balaban J connectivity index is 1.67. The summed E-state index contributed by atoms with van der Waals surface area (Å²) in [4.78, 5) is 37.7. The van der Waals surface area contributed by atoms with Gasteiger partial charge in [-0.2, -0.15) is 0 Å². The number of nitrogens with one attached hydrogen (secondary N) is 1. The van der Waals surface area contributed by atoms with Crippen molar-refractivity contribution in [1.82, 2.24) is 10.2 Å². The summed E-state index contributed by atoms with van der Waals surface area (Å²) in [6.07, 6.45) is -0.877. The molecule has 3 heterocycles. The van der Waals surface area contributed by atoms with Gasteiger partial charge in [0.05, 0.1) is 0 Å². The van der Waals surface area contributed by atoms with Crippen LogP contribution in [0.15, 0.2) is 41.6 Å². The molecule has 2 N–H and O–H groups in total. The molecule has 0 saturated carbocycles. The summed E-state index contributed by atoms with van der Waals surface area (Å²) in [5.74, 6) is -1.61. The van der Waals surface area contributed by atoms with Gasteiger partial charge in [-0.05, 0) is 18.1 Å². The van der Waals surface area contributed by atoms with Gasteiger partial charge in [0.2, 0.25) is 0 Å². The van der Waals surface area contributed by atoms with Crippen LogP contribution in [-0.4, -0.2) is 44.6 Å². The van der Waals surface area contributed by atoms with Gasteiger partial charge in [-0.3, -0.25) is 14.5 Å². The Hall–Kier alpha value is -2.32. The highest BCUT2D eigenvalue weighted by Crippen LogP contribution is 2.50. The summed E-state index contributed by atoms with van der Waals surface area (Å²) in [6, 6.07) is 8.91. The van der Waals surface area contributed by atoms with Gasteiger partial charge in [-0.25, -0.2) is 4.79 Å². The third-order valence-corrected chi connectivity index (χ3v) is 5.84. The van der Waals surface area contributed by atoms with Crippen LogP contribution in [0.4, 0.5) is 0 Å². The van der Waals surface area contributed by atoms with Gasteiger partial charge in [0.15, 0.2) is 6.10 Å². The molecule has 7 nitrogen and oxygen atoms in total. The fourth-order valence-corrected chi connectivity index (χ4v) is 4.61. The first-order valence-corrected chi connectivity index (χ1v) is 8.43. The van der Waals surface area contributed by atoms with Crippen molar-refractivity contribution in [3.05, 3.63) is 47.2 Å². The molecule has 2 unspecified atom stereocenters. The highest BCUT2D eigenvalue weighted by molar-refractivity contribution is 8.00. The molecule has 3 aliphatic heterocycles. The molecule has 3 atom stereocenters. The minimum absolute atomic E-state index is 0.0182. The fourth-order valence-electron chi connectivity index (χ4n) is 3.27. The lowest BCUT2D eigenvalue weighted by atomic mass is 9.99. The first kappa shape index (κ1) is 15.2. The number of hydrogen-bond acceptors (Lipinski definition) is 5. The smallest absolute Gasteiger partial charge is 0.352 e. The van der Waals surface area contributed by atoms with Crippen LogP contribution in [-0.2, 0) is 19.1 Å². The zero-order valence-corrected chi connectivity index (χ0v) is 13.5. The molecule has 0 radical (unpaired) electrons. The number of carboxylic acids is 1. The van der Waals surface area contributed by atoms with Crippen LogP contribution in [0.3, 0.4) is 0 Å². The third-order valence-electron chi connectivity index (χ3n) is 4.38. The maximum atomic E-state index is 12.7. The normalized spacial score (nSPS) is 31.8. The Bertz CT molecular complexity index is 793. The van der Waals surface area contributed by atoms with Crippen LogP contribution in [0.2, 0.25) is 0 Å². The number of rotatable bonds is 2. The standard InChI is InChI=1S/C16H14N2O5S/c1-8-7-24-15-16(14(22)18(15)10(8)13(20)21)17-12(19)11(23-16)9-5-3-2-4-6-9/h2-6,11,15H,7H2,1H3,(H,17,19)(H,20,21)/t11?,15-,16?/m0/s1. The van der Waals surface area contributed by atoms with Gasteiger partial charge in [-0.1, -0.05) is 30.3 Å². The van der Waals surface area contributed by atoms with Crippen LogP contribution in [0.1, 0.15) is 18.6 Å². The molecule has 2 amide bonds. The number of amides is 2. The van der Waals surface area contributed by atoms with Gasteiger partial charge < -0.3 is 15.2 Å². The average molecular weight is 346 g/mol. The summed E-state index contributed by atoms with van der Waals surface area (Å²) in [5, 5.41) is 11.5. The van der Waals surface area contributed by atoms with E-state index in [0.717, 1.165) is 0 Å². The number of thioether (sulfide) groups is 1. The van der Waals surface area contributed by atoms with Crippen molar-refractivity contribution >= 4 is 29.5 Å². The lowest BCUT2D eigenvalue weighted by Crippen LogP contribution is -2.78. The molecule has 8 heteroatoms. The fraction of sp³-hybridized carbons (Fsp3) is 0.312. The molecular formula is C16H14N2O5S. The number of carbonyl (C=O) groups is 3. The lowest BCUT2D eigenvalue weighted by molar-refractivity contribution is -0.190. The Morgan fingerprint density at radius 1 is 1.38 bits per heavy atom. The molecule has 2 saturated heterocycles. The molecule has 3 aliphatic rings.